The Morgan fingerprint density at radius 1 is 1.06 bits per heavy atom. The lowest BCUT2D eigenvalue weighted by Gasteiger charge is -2.19. The molecule has 0 spiro atoms. The molecule has 3 rings (SSSR count). The summed E-state index contributed by atoms with van der Waals surface area (Å²) in [6.07, 6.45) is 1.15. The summed E-state index contributed by atoms with van der Waals surface area (Å²) in [7, 11) is -2.34. The smallest absolute Gasteiger partial charge is 0.293 e. The molecule has 0 aromatic heterocycles. The molecular formula is C23H19N3O4S. The zero-order valence-electron chi connectivity index (χ0n) is 16.9. The minimum atomic E-state index is -4.05. The molecule has 0 bridgehead atoms. The highest BCUT2D eigenvalue weighted by atomic mass is 32.2. The lowest BCUT2D eigenvalue weighted by molar-refractivity contribution is -0.384. The van der Waals surface area contributed by atoms with Crippen LogP contribution in [0.5, 0.6) is 0 Å². The zero-order valence-corrected chi connectivity index (χ0v) is 17.7. The standard InChI is InChI=1S/C23H19N3O4S/c1-17-8-11-20(12-9-17)31(29,30)21(16-24)14-18-10-13-22(23(15-18)26(27)28)25(2)19-6-4-3-5-7-19/h3-15H,1-2H3/b21-14+. The van der Waals surface area contributed by atoms with Crippen molar-refractivity contribution in [2.24, 2.45) is 0 Å². The Hall–Kier alpha value is -3.96. The molecule has 0 aliphatic carbocycles. The first-order valence-corrected chi connectivity index (χ1v) is 10.7. The van der Waals surface area contributed by atoms with Gasteiger partial charge in [0.1, 0.15) is 16.7 Å². The quantitative estimate of drug-likeness (QED) is 0.307. The number of hydrogen-bond acceptors (Lipinski definition) is 6. The summed E-state index contributed by atoms with van der Waals surface area (Å²) in [6.45, 7) is 1.82. The van der Waals surface area contributed by atoms with Gasteiger partial charge < -0.3 is 4.90 Å². The van der Waals surface area contributed by atoms with Crippen molar-refractivity contribution in [3.63, 3.8) is 0 Å². The topological polar surface area (TPSA) is 104 Å². The van der Waals surface area contributed by atoms with Crippen molar-refractivity contribution >= 4 is 33.0 Å². The maximum absolute atomic E-state index is 12.8. The number of para-hydroxylation sites is 1. The minimum Gasteiger partial charge on any atom is -0.339 e. The van der Waals surface area contributed by atoms with Gasteiger partial charge in [-0.2, -0.15) is 5.26 Å². The molecule has 0 N–H and O–H groups in total. The van der Waals surface area contributed by atoms with Crippen molar-refractivity contribution in [3.8, 4) is 6.07 Å². The average molecular weight is 433 g/mol. The van der Waals surface area contributed by atoms with Gasteiger partial charge in [0.2, 0.25) is 9.84 Å². The monoisotopic (exact) mass is 433 g/mol. The Bertz CT molecular complexity index is 1290. The maximum atomic E-state index is 12.8. The molecule has 0 saturated carbocycles. The van der Waals surface area contributed by atoms with Gasteiger partial charge in [0.25, 0.3) is 5.69 Å². The number of nitrogens with zero attached hydrogens (tertiary/aromatic N) is 3. The molecule has 0 atom stereocenters. The Labute approximate surface area is 180 Å². The highest BCUT2D eigenvalue weighted by molar-refractivity contribution is 7.95. The van der Waals surface area contributed by atoms with Gasteiger partial charge in [-0.05, 0) is 48.9 Å². The van der Waals surface area contributed by atoms with E-state index in [1.54, 1.807) is 36.2 Å². The minimum absolute atomic E-state index is 0.0131. The summed E-state index contributed by atoms with van der Waals surface area (Å²) >= 11 is 0. The van der Waals surface area contributed by atoms with Crippen molar-refractivity contribution in [2.45, 2.75) is 11.8 Å². The number of aryl methyl sites for hydroxylation is 1. The number of rotatable bonds is 6. The van der Waals surface area contributed by atoms with E-state index < -0.39 is 19.7 Å². The number of allylic oxidation sites excluding steroid dienone is 1. The first-order valence-electron chi connectivity index (χ1n) is 9.25. The number of nitro groups is 1. The fraction of sp³-hybridized carbons (Fsp3) is 0.0870. The Morgan fingerprint density at radius 2 is 1.71 bits per heavy atom. The zero-order chi connectivity index (χ0) is 22.6. The van der Waals surface area contributed by atoms with Crippen molar-refractivity contribution in [3.05, 3.63) is 98.9 Å². The number of nitro benzene ring substituents is 1. The predicted molar refractivity (Wildman–Crippen MR) is 120 cm³/mol. The Balaban J connectivity index is 2.05. The fourth-order valence-electron chi connectivity index (χ4n) is 3.02. The van der Waals surface area contributed by atoms with E-state index in [0.717, 1.165) is 17.3 Å². The van der Waals surface area contributed by atoms with Crippen LogP contribution in [-0.2, 0) is 9.84 Å². The fourth-order valence-corrected chi connectivity index (χ4v) is 4.18. The van der Waals surface area contributed by atoms with E-state index in [1.165, 1.54) is 24.3 Å². The molecule has 0 aliphatic heterocycles. The van der Waals surface area contributed by atoms with Gasteiger partial charge in [-0.1, -0.05) is 42.0 Å². The van der Waals surface area contributed by atoms with Crippen molar-refractivity contribution in [1.82, 2.24) is 0 Å². The van der Waals surface area contributed by atoms with Crippen LogP contribution in [0.1, 0.15) is 11.1 Å². The van der Waals surface area contributed by atoms with Crippen molar-refractivity contribution in [1.29, 1.82) is 5.26 Å². The van der Waals surface area contributed by atoms with Crippen LogP contribution in [0, 0.1) is 28.4 Å². The molecule has 0 saturated heterocycles. The third-order valence-corrected chi connectivity index (χ3v) is 6.41. The molecule has 7 nitrogen and oxygen atoms in total. The first kappa shape index (κ1) is 21.7. The van der Waals surface area contributed by atoms with Crippen LogP contribution in [0.4, 0.5) is 17.1 Å². The second kappa shape index (κ2) is 8.81. The largest absolute Gasteiger partial charge is 0.339 e. The van der Waals surface area contributed by atoms with Crippen LogP contribution in [-0.4, -0.2) is 20.4 Å². The summed E-state index contributed by atoms with van der Waals surface area (Å²) in [5.41, 5.74) is 2.02. The molecule has 156 valence electrons. The van der Waals surface area contributed by atoms with Crippen LogP contribution in [0.3, 0.4) is 0 Å². The molecule has 0 fully saturated rings. The van der Waals surface area contributed by atoms with E-state index >= 15 is 0 Å². The molecule has 0 heterocycles. The molecule has 8 heteroatoms. The first-order chi connectivity index (χ1) is 14.7. The molecule has 31 heavy (non-hydrogen) atoms. The third-order valence-electron chi connectivity index (χ3n) is 4.73. The normalized spacial score (nSPS) is 11.6. The van der Waals surface area contributed by atoms with Crippen molar-refractivity contribution < 1.29 is 13.3 Å². The summed E-state index contributed by atoms with van der Waals surface area (Å²) in [5, 5.41) is 21.2. The summed E-state index contributed by atoms with van der Waals surface area (Å²) < 4.78 is 25.7. The van der Waals surface area contributed by atoms with E-state index in [0.29, 0.717) is 5.69 Å². The van der Waals surface area contributed by atoms with E-state index in [2.05, 4.69) is 0 Å². The molecule has 0 amide bonds. The predicted octanol–water partition coefficient (Wildman–Crippen LogP) is 5.01. The lowest BCUT2D eigenvalue weighted by Crippen LogP contribution is -2.11. The molecule has 3 aromatic carbocycles. The van der Waals surface area contributed by atoms with E-state index in [-0.39, 0.29) is 16.1 Å². The summed E-state index contributed by atoms with van der Waals surface area (Å²) in [4.78, 5) is 12.3. The molecule has 3 aromatic rings. The Morgan fingerprint density at radius 3 is 2.29 bits per heavy atom. The number of nitriles is 1. The second-order valence-corrected chi connectivity index (χ2v) is 8.75. The number of hydrogen-bond donors (Lipinski definition) is 0. The van der Waals surface area contributed by atoms with Gasteiger partial charge in [-0.15, -0.1) is 0 Å². The average Bonchev–Trinajstić information content (AvgIpc) is 2.77. The molecule has 0 unspecified atom stereocenters. The maximum Gasteiger partial charge on any atom is 0.293 e. The highest BCUT2D eigenvalue weighted by Gasteiger charge is 2.23. The van der Waals surface area contributed by atoms with E-state index in [4.69, 9.17) is 0 Å². The Kier molecular flexibility index (Phi) is 6.18. The van der Waals surface area contributed by atoms with Crippen LogP contribution in [0.15, 0.2) is 82.6 Å². The van der Waals surface area contributed by atoms with Gasteiger partial charge in [0, 0.05) is 18.8 Å². The van der Waals surface area contributed by atoms with Gasteiger partial charge >= 0.3 is 0 Å². The molecule has 0 radical (unpaired) electrons. The van der Waals surface area contributed by atoms with E-state index in [9.17, 15) is 23.8 Å². The third kappa shape index (κ3) is 4.63. The van der Waals surface area contributed by atoms with Gasteiger partial charge in [0.05, 0.1) is 9.82 Å². The van der Waals surface area contributed by atoms with E-state index in [1.807, 2.05) is 37.3 Å². The highest BCUT2D eigenvalue weighted by Crippen LogP contribution is 2.34. The number of anilines is 2. The number of sulfone groups is 1. The number of benzene rings is 3. The van der Waals surface area contributed by atoms with Crippen molar-refractivity contribution in [2.75, 3.05) is 11.9 Å². The van der Waals surface area contributed by atoms with Crippen LogP contribution in [0.25, 0.3) is 6.08 Å². The van der Waals surface area contributed by atoms with Crippen LogP contribution < -0.4 is 4.90 Å². The summed E-state index contributed by atoms with van der Waals surface area (Å²) in [5.74, 6) is 0. The van der Waals surface area contributed by atoms with Crippen LogP contribution in [0.2, 0.25) is 0 Å². The SMILES string of the molecule is Cc1ccc(S(=O)(=O)/C(C#N)=C/c2ccc(N(C)c3ccccc3)c([N+](=O)[O-])c2)cc1. The van der Waals surface area contributed by atoms with Crippen LogP contribution >= 0.6 is 0 Å². The molecule has 0 aliphatic rings. The van der Waals surface area contributed by atoms with Gasteiger partial charge in [-0.25, -0.2) is 8.42 Å². The summed E-state index contributed by atoms with van der Waals surface area (Å²) in [6, 6.07) is 21.3. The second-order valence-electron chi connectivity index (χ2n) is 6.84. The van der Waals surface area contributed by atoms with Gasteiger partial charge in [0.15, 0.2) is 0 Å². The molecular weight excluding hydrogens is 414 g/mol. The van der Waals surface area contributed by atoms with Gasteiger partial charge in [-0.3, -0.25) is 10.1 Å². The lowest BCUT2D eigenvalue weighted by atomic mass is 10.1.